The fraction of sp³-hybridized carbons (Fsp3) is 0.207. The predicted molar refractivity (Wildman–Crippen MR) is 149 cm³/mol. The molecule has 39 heavy (non-hydrogen) atoms. The molecule has 0 fully saturated rings. The van der Waals surface area contributed by atoms with E-state index < -0.39 is 5.82 Å². The molecule has 0 aliphatic heterocycles. The van der Waals surface area contributed by atoms with E-state index in [0.717, 1.165) is 16.8 Å². The zero-order chi connectivity index (χ0) is 27.7. The number of anilines is 1. The largest absolute Gasteiger partial charge is 0.455 e. The number of aromatic nitrogens is 5. The van der Waals surface area contributed by atoms with Gasteiger partial charge in [0.05, 0.1) is 40.1 Å². The van der Waals surface area contributed by atoms with Crippen LogP contribution in [0.2, 0.25) is 5.02 Å². The highest BCUT2D eigenvalue weighted by molar-refractivity contribution is 6.32. The highest BCUT2D eigenvalue weighted by Crippen LogP contribution is 2.36. The Morgan fingerprint density at radius 2 is 1.92 bits per heavy atom. The van der Waals surface area contributed by atoms with Crippen molar-refractivity contribution in [3.05, 3.63) is 89.2 Å². The number of hydrogen-bond acceptors (Lipinski definition) is 6. The summed E-state index contributed by atoms with van der Waals surface area (Å²) < 4.78 is 22.9. The molecule has 2 aromatic carbocycles. The molecule has 0 bridgehead atoms. The molecule has 3 aromatic heterocycles. The van der Waals surface area contributed by atoms with Gasteiger partial charge >= 0.3 is 0 Å². The Labute approximate surface area is 229 Å². The van der Waals surface area contributed by atoms with Crippen molar-refractivity contribution in [3.8, 4) is 22.8 Å². The molecule has 8 nitrogen and oxygen atoms in total. The SMILES string of the molecule is Cc1ccnnc1-c1ccc2nccc(Oc3cc(F)c(CC(=O)Nc4cnn(C(C)(C)C)c4)cc3Cl)c2c1. The highest BCUT2D eigenvalue weighted by Gasteiger charge is 2.18. The Bertz CT molecular complexity index is 1700. The molecule has 5 rings (SSSR count). The van der Waals surface area contributed by atoms with E-state index in [9.17, 15) is 4.79 Å². The van der Waals surface area contributed by atoms with E-state index in [1.54, 1.807) is 35.5 Å². The third-order valence-corrected chi connectivity index (χ3v) is 6.42. The first-order valence-electron chi connectivity index (χ1n) is 12.3. The quantitative estimate of drug-likeness (QED) is 0.255. The van der Waals surface area contributed by atoms with Crippen LogP contribution in [-0.2, 0) is 16.8 Å². The molecule has 5 aromatic rings. The second-order valence-corrected chi connectivity index (χ2v) is 10.6. The van der Waals surface area contributed by atoms with Crippen LogP contribution in [0.4, 0.5) is 10.1 Å². The molecule has 0 aliphatic carbocycles. The number of halogens is 2. The van der Waals surface area contributed by atoms with Gasteiger partial charge in [-0.1, -0.05) is 17.7 Å². The van der Waals surface area contributed by atoms with E-state index in [1.807, 2.05) is 52.0 Å². The van der Waals surface area contributed by atoms with Crippen LogP contribution in [-0.4, -0.2) is 30.9 Å². The molecule has 0 saturated carbocycles. The summed E-state index contributed by atoms with van der Waals surface area (Å²) >= 11 is 6.48. The second kappa shape index (κ2) is 10.4. The van der Waals surface area contributed by atoms with Crippen molar-refractivity contribution in [1.29, 1.82) is 0 Å². The monoisotopic (exact) mass is 544 g/mol. The topological polar surface area (TPSA) is 94.8 Å². The van der Waals surface area contributed by atoms with Crippen molar-refractivity contribution in [1.82, 2.24) is 25.0 Å². The summed E-state index contributed by atoms with van der Waals surface area (Å²) in [4.78, 5) is 17.0. The smallest absolute Gasteiger partial charge is 0.228 e. The van der Waals surface area contributed by atoms with Crippen molar-refractivity contribution in [2.75, 3.05) is 5.32 Å². The van der Waals surface area contributed by atoms with Gasteiger partial charge in [0.25, 0.3) is 0 Å². The summed E-state index contributed by atoms with van der Waals surface area (Å²) in [5.74, 6) is -0.423. The van der Waals surface area contributed by atoms with Crippen LogP contribution in [0.1, 0.15) is 31.9 Å². The lowest BCUT2D eigenvalue weighted by molar-refractivity contribution is -0.115. The number of rotatable bonds is 6. The first kappa shape index (κ1) is 26.2. The molecule has 1 amide bonds. The molecule has 0 atom stereocenters. The molecule has 0 radical (unpaired) electrons. The van der Waals surface area contributed by atoms with Gasteiger partial charge in [-0.3, -0.25) is 14.5 Å². The zero-order valence-electron chi connectivity index (χ0n) is 21.9. The molecule has 10 heteroatoms. The average Bonchev–Trinajstić information content (AvgIpc) is 3.36. The number of hydrogen-bond donors (Lipinski definition) is 1. The van der Waals surface area contributed by atoms with E-state index in [1.165, 1.54) is 12.1 Å². The van der Waals surface area contributed by atoms with Crippen LogP contribution in [0.25, 0.3) is 22.2 Å². The normalized spacial score (nSPS) is 11.5. The number of pyridine rings is 1. The molecule has 198 valence electrons. The minimum absolute atomic E-state index is 0.123. The minimum atomic E-state index is -0.607. The van der Waals surface area contributed by atoms with Gasteiger partial charge in [0.15, 0.2) is 0 Å². The Hall–Kier alpha value is -4.37. The molecule has 0 spiro atoms. The first-order valence-corrected chi connectivity index (χ1v) is 12.6. The molecular weight excluding hydrogens is 519 g/mol. The number of aryl methyl sites for hydroxylation is 1. The van der Waals surface area contributed by atoms with E-state index in [0.29, 0.717) is 22.3 Å². The van der Waals surface area contributed by atoms with Crippen molar-refractivity contribution >= 4 is 34.1 Å². The minimum Gasteiger partial charge on any atom is -0.455 e. The number of ether oxygens (including phenoxy) is 1. The number of nitrogens with one attached hydrogen (secondary N) is 1. The van der Waals surface area contributed by atoms with E-state index in [2.05, 4.69) is 25.6 Å². The van der Waals surface area contributed by atoms with Crippen LogP contribution in [0.15, 0.2) is 67.3 Å². The summed E-state index contributed by atoms with van der Waals surface area (Å²) in [6, 6.07) is 11.8. The molecule has 1 N–H and O–H groups in total. The maximum absolute atomic E-state index is 15.1. The van der Waals surface area contributed by atoms with Crippen molar-refractivity contribution in [3.63, 3.8) is 0 Å². The maximum Gasteiger partial charge on any atom is 0.228 e. The fourth-order valence-corrected chi connectivity index (χ4v) is 4.30. The van der Waals surface area contributed by atoms with Crippen molar-refractivity contribution in [2.45, 2.75) is 39.7 Å². The van der Waals surface area contributed by atoms with Gasteiger partial charge in [-0.15, -0.1) is 0 Å². The van der Waals surface area contributed by atoms with Crippen LogP contribution < -0.4 is 10.1 Å². The lowest BCUT2D eigenvalue weighted by atomic mass is 10.0. The molecular formula is C29H26ClFN6O2. The lowest BCUT2D eigenvalue weighted by Gasteiger charge is -2.18. The maximum atomic E-state index is 15.1. The number of benzene rings is 2. The van der Waals surface area contributed by atoms with Crippen LogP contribution in [0.5, 0.6) is 11.5 Å². The van der Waals surface area contributed by atoms with E-state index in [4.69, 9.17) is 16.3 Å². The van der Waals surface area contributed by atoms with Gasteiger partial charge in [0.1, 0.15) is 17.3 Å². The summed E-state index contributed by atoms with van der Waals surface area (Å²) in [5.41, 5.74) is 3.70. The zero-order valence-corrected chi connectivity index (χ0v) is 22.6. The summed E-state index contributed by atoms with van der Waals surface area (Å²) in [6.07, 6.45) is 6.33. The number of amides is 1. The Morgan fingerprint density at radius 3 is 2.67 bits per heavy atom. The van der Waals surface area contributed by atoms with Crippen LogP contribution in [0.3, 0.4) is 0 Å². The molecule has 0 aliphatic rings. The summed E-state index contributed by atoms with van der Waals surface area (Å²) in [6.45, 7) is 7.95. The van der Waals surface area contributed by atoms with Gasteiger partial charge in [0, 0.05) is 35.6 Å². The van der Waals surface area contributed by atoms with Crippen LogP contribution >= 0.6 is 11.6 Å². The standard InChI is InChI=1S/C29H26ClFN6O2/c1-17-7-10-33-36-28(17)18-5-6-24-21(11-18)25(8-9-32-24)39-26-14-23(31)19(12-22(26)30)13-27(38)35-20-15-34-37(16-20)29(2,3)4/h5-12,14-16H,13H2,1-4H3,(H,35,38). The first-order chi connectivity index (χ1) is 18.6. The molecule has 0 unspecified atom stereocenters. The number of fused-ring (bicyclic) bond motifs is 1. The van der Waals surface area contributed by atoms with Gasteiger partial charge in [-0.25, -0.2) is 4.39 Å². The third kappa shape index (κ3) is 5.73. The van der Waals surface area contributed by atoms with Gasteiger partial charge < -0.3 is 10.1 Å². The number of carbonyl (C=O) groups excluding carboxylic acids is 1. The predicted octanol–water partition coefficient (Wildman–Crippen LogP) is 6.72. The van der Waals surface area contributed by atoms with Crippen LogP contribution in [0, 0.1) is 12.7 Å². The van der Waals surface area contributed by atoms with Gasteiger partial charge in [-0.05, 0) is 69.2 Å². The number of carbonyl (C=O) groups is 1. The summed E-state index contributed by atoms with van der Waals surface area (Å²) in [7, 11) is 0. The Morgan fingerprint density at radius 1 is 1.10 bits per heavy atom. The lowest BCUT2D eigenvalue weighted by Crippen LogP contribution is -2.22. The highest BCUT2D eigenvalue weighted by atomic mass is 35.5. The van der Waals surface area contributed by atoms with Gasteiger partial charge in [-0.2, -0.15) is 15.3 Å². The number of nitrogens with zero attached hydrogens (tertiary/aromatic N) is 5. The van der Waals surface area contributed by atoms with Gasteiger partial charge in [0.2, 0.25) is 5.91 Å². The fourth-order valence-electron chi connectivity index (χ4n) is 4.07. The van der Waals surface area contributed by atoms with Crippen molar-refractivity contribution < 1.29 is 13.9 Å². The average molecular weight is 545 g/mol. The van der Waals surface area contributed by atoms with E-state index >= 15 is 4.39 Å². The Kier molecular flexibility index (Phi) is 7.01. The second-order valence-electron chi connectivity index (χ2n) is 10.1. The molecule has 3 heterocycles. The van der Waals surface area contributed by atoms with Crippen molar-refractivity contribution in [2.24, 2.45) is 0 Å². The Balaban J connectivity index is 1.37. The van der Waals surface area contributed by atoms with E-state index in [-0.39, 0.29) is 34.2 Å². The molecule has 0 saturated heterocycles. The third-order valence-electron chi connectivity index (χ3n) is 6.12. The summed E-state index contributed by atoms with van der Waals surface area (Å²) in [5, 5.41) is 16.1.